The third kappa shape index (κ3) is 2.36. The van der Waals surface area contributed by atoms with Crippen LogP contribution in [-0.4, -0.2) is 13.7 Å². The maximum Gasteiger partial charge on any atom is 0.176 e. The molecule has 2 rings (SSSR count). The molecule has 0 aliphatic rings. The van der Waals surface area contributed by atoms with E-state index in [4.69, 9.17) is 9.15 Å². The molecule has 1 aromatic carbocycles. The normalized spacial score (nSPS) is 12.9. The van der Waals surface area contributed by atoms with Crippen molar-refractivity contribution in [3.8, 4) is 5.75 Å². The Morgan fingerprint density at radius 3 is 2.67 bits per heavy atom. The molecule has 0 bridgehead atoms. The highest BCUT2D eigenvalue weighted by Crippen LogP contribution is 2.32. The first kappa shape index (κ1) is 13.0. The Hall–Kier alpha value is -1.48. The second kappa shape index (κ2) is 5.44. The number of benzene rings is 1. The molecule has 0 amide bonds. The number of hydrogen-bond acceptors (Lipinski definition) is 3. The highest BCUT2D eigenvalue weighted by Gasteiger charge is 2.14. The Morgan fingerprint density at radius 1 is 1.28 bits per heavy atom. The van der Waals surface area contributed by atoms with Gasteiger partial charge >= 0.3 is 0 Å². The molecule has 1 atom stereocenters. The van der Waals surface area contributed by atoms with Gasteiger partial charge < -0.3 is 14.5 Å². The molecule has 3 nitrogen and oxygen atoms in total. The van der Waals surface area contributed by atoms with E-state index in [1.807, 2.05) is 6.07 Å². The van der Waals surface area contributed by atoms with Crippen LogP contribution in [0, 0.1) is 0 Å². The second-order valence-corrected chi connectivity index (χ2v) is 4.50. The van der Waals surface area contributed by atoms with E-state index >= 15 is 0 Å². The monoisotopic (exact) mass is 247 g/mol. The molecule has 0 spiro atoms. The van der Waals surface area contributed by atoms with Crippen LogP contribution in [0.1, 0.15) is 38.1 Å². The number of methoxy groups -OCH3 is 1. The average molecular weight is 247 g/mol. The lowest BCUT2D eigenvalue weighted by molar-refractivity contribution is 0.400. The highest BCUT2D eigenvalue weighted by atomic mass is 16.5. The topological polar surface area (TPSA) is 34.4 Å². The molecule has 3 heteroatoms. The van der Waals surface area contributed by atoms with Crippen molar-refractivity contribution in [3.05, 3.63) is 29.5 Å². The maximum atomic E-state index is 5.92. The molecular formula is C15H21NO2. The number of ether oxygens (including phenoxy) is 1. The highest BCUT2D eigenvalue weighted by molar-refractivity contribution is 5.84. The molecule has 0 saturated heterocycles. The molecule has 0 fully saturated rings. The van der Waals surface area contributed by atoms with E-state index in [-0.39, 0.29) is 6.04 Å². The Kier molecular flexibility index (Phi) is 3.92. The Balaban J connectivity index is 2.49. The number of nitrogens with one attached hydrogen (secondary N) is 1. The van der Waals surface area contributed by atoms with Gasteiger partial charge in [-0.2, -0.15) is 0 Å². The first-order valence-corrected chi connectivity index (χ1v) is 6.53. The van der Waals surface area contributed by atoms with Crippen LogP contribution in [-0.2, 0) is 6.42 Å². The summed E-state index contributed by atoms with van der Waals surface area (Å²) in [6.45, 7) is 7.27. The molecule has 98 valence electrons. The van der Waals surface area contributed by atoms with E-state index in [1.54, 1.807) is 7.11 Å². The molecule has 0 saturated carbocycles. The summed E-state index contributed by atoms with van der Waals surface area (Å²) < 4.78 is 11.3. The van der Waals surface area contributed by atoms with Crippen LogP contribution in [0.15, 0.2) is 22.6 Å². The molecule has 2 aromatic rings. The van der Waals surface area contributed by atoms with Crippen molar-refractivity contribution >= 4 is 11.0 Å². The fraction of sp³-hybridized carbons (Fsp3) is 0.467. The molecule has 1 heterocycles. The Morgan fingerprint density at radius 2 is 2.06 bits per heavy atom. The predicted molar refractivity (Wildman–Crippen MR) is 74.2 cm³/mol. The van der Waals surface area contributed by atoms with Crippen molar-refractivity contribution in [1.82, 2.24) is 5.32 Å². The summed E-state index contributed by atoms with van der Waals surface area (Å²) >= 11 is 0. The summed E-state index contributed by atoms with van der Waals surface area (Å²) in [6, 6.07) is 6.54. The third-order valence-corrected chi connectivity index (χ3v) is 3.23. The minimum atomic E-state index is 0.220. The SMILES string of the molecule is CCNC(C)c1cc2cc(CC)cc(OC)c2o1. The summed E-state index contributed by atoms with van der Waals surface area (Å²) in [7, 11) is 1.68. The van der Waals surface area contributed by atoms with E-state index in [1.165, 1.54) is 5.56 Å². The van der Waals surface area contributed by atoms with Crippen LogP contribution >= 0.6 is 0 Å². The Bertz CT molecular complexity index is 531. The van der Waals surface area contributed by atoms with E-state index in [0.29, 0.717) is 0 Å². The summed E-state index contributed by atoms with van der Waals surface area (Å²) in [5.41, 5.74) is 2.11. The van der Waals surface area contributed by atoms with Crippen LogP contribution in [0.5, 0.6) is 5.75 Å². The lowest BCUT2D eigenvalue weighted by Crippen LogP contribution is -2.16. The molecule has 1 N–H and O–H groups in total. The van der Waals surface area contributed by atoms with Crippen LogP contribution in [0.2, 0.25) is 0 Å². The summed E-state index contributed by atoms with van der Waals surface area (Å²) in [6.07, 6.45) is 0.996. The molecule has 0 aliphatic heterocycles. The molecular weight excluding hydrogens is 226 g/mol. The van der Waals surface area contributed by atoms with Gasteiger partial charge in [-0.1, -0.05) is 13.8 Å². The molecule has 0 radical (unpaired) electrons. The fourth-order valence-electron chi connectivity index (χ4n) is 2.18. The standard InChI is InChI=1S/C15H21NO2/c1-5-11-7-12-9-13(10(3)16-6-2)18-15(12)14(8-11)17-4/h7-10,16H,5-6H2,1-4H3. The largest absolute Gasteiger partial charge is 0.493 e. The molecule has 1 aromatic heterocycles. The minimum absolute atomic E-state index is 0.220. The molecule has 18 heavy (non-hydrogen) atoms. The van der Waals surface area contributed by atoms with Crippen molar-refractivity contribution in [3.63, 3.8) is 0 Å². The van der Waals surface area contributed by atoms with Crippen LogP contribution < -0.4 is 10.1 Å². The van der Waals surface area contributed by atoms with Gasteiger partial charge in [-0.25, -0.2) is 0 Å². The van der Waals surface area contributed by atoms with E-state index in [0.717, 1.165) is 35.4 Å². The second-order valence-electron chi connectivity index (χ2n) is 4.50. The lowest BCUT2D eigenvalue weighted by Gasteiger charge is -2.08. The third-order valence-electron chi connectivity index (χ3n) is 3.23. The van der Waals surface area contributed by atoms with Gasteiger partial charge in [-0.15, -0.1) is 0 Å². The van der Waals surface area contributed by atoms with Crippen molar-refractivity contribution in [1.29, 1.82) is 0 Å². The molecule has 1 unspecified atom stereocenters. The average Bonchev–Trinajstić information content (AvgIpc) is 2.81. The van der Waals surface area contributed by atoms with Gasteiger partial charge in [0.1, 0.15) is 5.76 Å². The first-order valence-electron chi connectivity index (χ1n) is 6.53. The zero-order valence-electron chi connectivity index (χ0n) is 11.5. The van der Waals surface area contributed by atoms with Gasteiger partial charge in [0.15, 0.2) is 11.3 Å². The smallest absolute Gasteiger partial charge is 0.176 e. The zero-order valence-corrected chi connectivity index (χ0v) is 11.5. The van der Waals surface area contributed by atoms with E-state index < -0.39 is 0 Å². The van der Waals surface area contributed by atoms with Crippen molar-refractivity contribution < 1.29 is 9.15 Å². The molecule has 0 aliphatic carbocycles. The van der Waals surface area contributed by atoms with Crippen LogP contribution in [0.25, 0.3) is 11.0 Å². The van der Waals surface area contributed by atoms with Gasteiger partial charge in [0.05, 0.1) is 13.2 Å². The fourth-order valence-corrected chi connectivity index (χ4v) is 2.18. The number of hydrogen-bond donors (Lipinski definition) is 1. The van der Waals surface area contributed by atoms with Gasteiger partial charge in [0, 0.05) is 5.39 Å². The maximum absolute atomic E-state index is 5.92. The number of fused-ring (bicyclic) bond motifs is 1. The van der Waals surface area contributed by atoms with Gasteiger partial charge in [0.2, 0.25) is 0 Å². The first-order chi connectivity index (χ1) is 8.69. The van der Waals surface area contributed by atoms with E-state index in [9.17, 15) is 0 Å². The van der Waals surface area contributed by atoms with Crippen molar-refractivity contribution in [2.45, 2.75) is 33.2 Å². The number of rotatable bonds is 5. The van der Waals surface area contributed by atoms with Gasteiger partial charge in [-0.3, -0.25) is 0 Å². The van der Waals surface area contributed by atoms with Gasteiger partial charge in [-0.05, 0) is 43.7 Å². The minimum Gasteiger partial charge on any atom is -0.493 e. The van der Waals surface area contributed by atoms with E-state index in [2.05, 4.69) is 38.2 Å². The number of aryl methyl sites for hydroxylation is 1. The quantitative estimate of drug-likeness (QED) is 0.875. The summed E-state index contributed by atoms with van der Waals surface area (Å²) in [5, 5.41) is 4.47. The van der Waals surface area contributed by atoms with Crippen molar-refractivity contribution in [2.24, 2.45) is 0 Å². The van der Waals surface area contributed by atoms with Gasteiger partial charge in [0.25, 0.3) is 0 Å². The zero-order chi connectivity index (χ0) is 13.1. The predicted octanol–water partition coefficient (Wildman–Crippen LogP) is 3.67. The number of furan rings is 1. The Labute approximate surface area is 108 Å². The van der Waals surface area contributed by atoms with Crippen LogP contribution in [0.4, 0.5) is 0 Å². The van der Waals surface area contributed by atoms with Crippen LogP contribution in [0.3, 0.4) is 0 Å². The van der Waals surface area contributed by atoms with Crippen molar-refractivity contribution in [2.75, 3.05) is 13.7 Å². The summed E-state index contributed by atoms with van der Waals surface area (Å²) in [4.78, 5) is 0. The lowest BCUT2D eigenvalue weighted by atomic mass is 10.1. The summed E-state index contributed by atoms with van der Waals surface area (Å²) in [5.74, 6) is 1.78.